The van der Waals surface area contributed by atoms with Crippen molar-refractivity contribution in [2.75, 3.05) is 14.2 Å². The average molecular weight is 351 g/mol. The first-order chi connectivity index (χ1) is 9.03. The molecule has 106 valence electrons. The molecule has 1 N–H and O–H groups in total. The van der Waals surface area contributed by atoms with Crippen molar-refractivity contribution in [3.8, 4) is 0 Å². The Bertz CT molecular complexity index is 459. The van der Waals surface area contributed by atoms with Gasteiger partial charge in [0.2, 0.25) is 0 Å². The predicted molar refractivity (Wildman–Crippen MR) is 79.1 cm³/mol. The summed E-state index contributed by atoms with van der Waals surface area (Å²) in [5.41, 5.74) is 0.485. The van der Waals surface area contributed by atoms with Gasteiger partial charge in [-0.1, -0.05) is 17.7 Å². The van der Waals surface area contributed by atoms with Crippen molar-refractivity contribution in [3.05, 3.63) is 33.0 Å². The molecule has 0 aliphatic heterocycles. The van der Waals surface area contributed by atoms with Crippen molar-refractivity contribution in [1.82, 2.24) is 5.32 Å². The van der Waals surface area contributed by atoms with Crippen LogP contribution >= 0.6 is 27.5 Å². The number of halogens is 3. The normalized spacial score (nSPS) is 19.0. The topological polar surface area (TPSA) is 21.3 Å². The van der Waals surface area contributed by atoms with Crippen molar-refractivity contribution in [1.29, 1.82) is 0 Å². The molecule has 0 bridgehead atoms. The molecule has 1 aromatic carbocycles. The lowest BCUT2D eigenvalue weighted by Gasteiger charge is -2.43. The van der Waals surface area contributed by atoms with E-state index in [9.17, 15) is 4.39 Å². The van der Waals surface area contributed by atoms with E-state index in [2.05, 4.69) is 21.2 Å². The number of methoxy groups -OCH3 is 1. The van der Waals surface area contributed by atoms with E-state index in [0.717, 1.165) is 19.3 Å². The van der Waals surface area contributed by atoms with E-state index in [1.165, 1.54) is 6.42 Å². The molecule has 0 amide bonds. The zero-order valence-corrected chi connectivity index (χ0v) is 13.4. The maximum atomic E-state index is 14.3. The molecule has 1 atom stereocenters. The van der Waals surface area contributed by atoms with Crippen LogP contribution in [0, 0.1) is 5.82 Å². The molecule has 1 aliphatic carbocycles. The molecular weight excluding hydrogens is 333 g/mol. The van der Waals surface area contributed by atoms with Gasteiger partial charge in [-0.3, -0.25) is 0 Å². The van der Waals surface area contributed by atoms with Crippen LogP contribution in [-0.2, 0) is 4.74 Å². The number of benzene rings is 1. The number of ether oxygens (including phenoxy) is 1. The summed E-state index contributed by atoms with van der Waals surface area (Å²) in [5, 5.41) is 3.31. The lowest BCUT2D eigenvalue weighted by atomic mass is 9.74. The molecule has 1 saturated carbocycles. The Morgan fingerprint density at radius 1 is 1.53 bits per heavy atom. The van der Waals surface area contributed by atoms with E-state index in [1.807, 2.05) is 7.05 Å². The van der Waals surface area contributed by atoms with Gasteiger partial charge in [0.05, 0.1) is 10.6 Å². The summed E-state index contributed by atoms with van der Waals surface area (Å²) < 4.78 is 20.5. The zero-order valence-electron chi connectivity index (χ0n) is 11.1. The van der Waals surface area contributed by atoms with Crippen LogP contribution in [0.25, 0.3) is 0 Å². The van der Waals surface area contributed by atoms with Gasteiger partial charge in [-0.2, -0.15) is 0 Å². The van der Waals surface area contributed by atoms with Crippen molar-refractivity contribution >= 4 is 27.5 Å². The first-order valence-electron chi connectivity index (χ1n) is 6.39. The third kappa shape index (κ3) is 2.97. The van der Waals surface area contributed by atoms with Crippen molar-refractivity contribution in [2.24, 2.45) is 0 Å². The standard InChI is InChI=1S/C14H18BrClFNO/c1-18-11(8-14(19-2)6-3-7-14)9-4-5-10(15)12(16)13(9)17/h4-5,11,18H,3,6-8H2,1-2H3. The summed E-state index contributed by atoms with van der Waals surface area (Å²) in [6, 6.07) is 3.46. The third-order valence-corrected chi connectivity index (χ3v) is 5.32. The van der Waals surface area contributed by atoms with Crippen LogP contribution in [0.2, 0.25) is 5.02 Å². The van der Waals surface area contributed by atoms with Crippen molar-refractivity contribution < 1.29 is 9.13 Å². The Hall–Kier alpha value is -0.160. The molecule has 5 heteroatoms. The Morgan fingerprint density at radius 2 is 2.21 bits per heavy atom. The molecule has 0 radical (unpaired) electrons. The Balaban J connectivity index is 2.25. The Kier molecular flexibility index (Phi) is 4.88. The largest absolute Gasteiger partial charge is 0.378 e. The molecule has 0 spiro atoms. The van der Waals surface area contributed by atoms with Crippen LogP contribution in [-0.4, -0.2) is 19.8 Å². The minimum atomic E-state index is -0.360. The highest BCUT2D eigenvalue weighted by atomic mass is 79.9. The second-order valence-corrected chi connectivity index (χ2v) is 6.28. The molecule has 2 nitrogen and oxygen atoms in total. The lowest BCUT2D eigenvalue weighted by Crippen LogP contribution is -2.42. The molecule has 0 saturated heterocycles. The third-order valence-electron chi connectivity index (χ3n) is 4.06. The molecule has 19 heavy (non-hydrogen) atoms. The van der Waals surface area contributed by atoms with E-state index in [-0.39, 0.29) is 22.5 Å². The van der Waals surface area contributed by atoms with E-state index in [0.29, 0.717) is 10.0 Å². The monoisotopic (exact) mass is 349 g/mol. The summed E-state index contributed by atoms with van der Waals surface area (Å²) >= 11 is 9.19. The Labute approximate surface area is 126 Å². The molecule has 0 aromatic heterocycles. The summed E-state index contributed by atoms with van der Waals surface area (Å²) in [4.78, 5) is 0. The van der Waals surface area contributed by atoms with E-state index < -0.39 is 0 Å². The van der Waals surface area contributed by atoms with E-state index >= 15 is 0 Å². The number of rotatable bonds is 5. The van der Waals surface area contributed by atoms with Gasteiger partial charge in [-0.25, -0.2) is 4.39 Å². The van der Waals surface area contributed by atoms with Crippen LogP contribution in [0.4, 0.5) is 4.39 Å². The first kappa shape index (κ1) is 15.2. The number of hydrogen-bond acceptors (Lipinski definition) is 2. The van der Waals surface area contributed by atoms with E-state index in [4.69, 9.17) is 16.3 Å². The highest BCUT2D eigenvalue weighted by Crippen LogP contribution is 2.43. The molecule has 2 rings (SSSR count). The fourth-order valence-corrected chi connectivity index (χ4v) is 3.09. The summed E-state index contributed by atoms with van der Waals surface area (Å²) in [6.07, 6.45) is 4.00. The fraction of sp³-hybridized carbons (Fsp3) is 0.571. The summed E-state index contributed by atoms with van der Waals surface area (Å²) in [5.74, 6) is -0.360. The number of hydrogen-bond donors (Lipinski definition) is 1. The highest BCUT2D eigenvalue weighted by Gasteiger charge is 2.39. The average Bonchev–Trinajstić information content (AvgIpc) is 2.37. The molecule has 1 fully saturated rings. The Morgan fingerprint density at radius 3 is 2.68 bits per heavy atom. The quantitative estimate of drug-likeness (QED) is 0.792. The van der Waals surface area contributed by atoms with E-state index in [1.54, 1.807) is 19.2 Å². The minimum absolute atomic E-state index is 0.0918. The van der Waals surface area contributed by atoms with Gasteiger partial charge >= 0.3 is 0 Å². The predicted octanol–water partition coefficient (Wildman–Crippen LogP) is 4.46. The second kappa shape index (κ2) is 6.08. The lowest BCUT2D eigenvalue weighted by molar-refractivity contribution is -0.0836. The van der Waals surface area contributed by atoms with Crippen molar-refractivity contribution in [2.45, 2.75) is 37.3 Å². The maximum absolute atomic E-state index is 14.3. The van der Waals surface area contributed by atoms with Gasteiger partial charge in [0.25, 0.3) is 0 Å². The summed E-state index contributed by atoms with van der Waals surface area (Å²) in [6.45, 7) is 0. The van der Waals surface area contributed by atoms with Gasteiger partial charge in [0.1, 0.15) is 5.82 Å². The van der Waals surface area contributed by atoms with Crippen LogP contribution in [0.15, 0.2) is 16.6 Å². The fourth-order valence-electron chi connectivity index (χ4n) is 2.61. The van der Waals surface area contributed by atoms with Gasteiger partial charge < -0.3 is 10.1 Å². The van der Waals surface area contributed by atoms with Gasteiger partial charge in [-0.05, 0) is 54.7 Å². The van der Waals surface area contributed by atoms with Crippen LogP contribution < -0.4 is 5.32 Å². The zero-order chi connectivity index (χ0) is 14.0. The maximum Gasteiger partial charge on any atom is 0.147 e. The van der Waals surface area contributed by atoms with Crippen LogP contribution in [0.3, 0.4) is 0 Å². The highest BCUT2D eigenvalue weighted by molar-refractivity contribution is 9.10. The van der Waals surface area contributed by atoms with Crippen LogP contribution in [0.1, 0.15) is 37.3 Å². The molecule has 1 aromatic rings. The number of nitrogens with one attached hydrogen (secondary N) is 1. The SMILES string of the molecule is CNC(CC1(OC)CCC1)c1ccc(Br)c(Cl)c1F. The smallest absolute Gasteiger partial charge is 0.147 e. The van der Waals surface area contributed by atoms with Crippen molar-refractivity contribution in [3.63, 3.8) is 0 Å². The summed E-state index contributed by atoms with van der Waals surface area (Å²) in [7, 11) is 3.57. The van der Waals surface area contributed by atoms with Gasteiger partial charge in [0.15, 0.2) is 0 Å². The molecule has 1 aliphatic rings. The minimum Gasteiger partial charge on any atom is -0.378 e. The van der Waals surface area contributed by atoms with Gasteiger partial charge in [-0.15, -0.1) is 0 Å². The first-order valence-corrected chi connectivity index (χ1v) is 7.56. The second-order valence-electron chi connectivity index (χ2n) is 5.05. The molecule has 1 unspecified atom stereocenters. The van der Waals surface area contributed by atoms with Crippen LogP contribution in [0.5, 0.6) is 0 Å². The molecule has 0 heterocycles. The van der Waals surface area contributed by atoms with Gasteiger partial charge in [0, 0.05) is 23.2 Å². The molecular formula is C14H18BrClFNO.